The normalized spacial score (nSPS) is 22.9. The van der Waals surface area contributed by atoms with Crippen LogP contribution in [0.4, 0.5) is 11.4 Å². The van der Waals surface area contributed by atoms with Crippen molar-refractivity contribution in [1.82, 2.24) is 20.4 Å². The first kappa shape index (κ1) is 40.1. The van der Waals surface area contributed by atoms with Gasteiger partial charge in [-0.3, -0.25) is 34.2 Å². The number of hydrogen-bond acceptors (Lipinski definition) is 9. The highest BCUT2D eigenvalue weighted by atomic mass is 35.5. The summed E-state index contributed by atoms with van der Waals surface area (Å²) in [4.78, 5) is 71.7. The molecule has 5 amide bonds. The number of amides is 5. The number of fused-ring (bicyclic) bond motifs is 1. The number of anilines is 2. The third kappa shape index (κ3) is 8.57. The van der Waals surface area contributed by atoms with Gasteiger partial charge in [-0.1, -0.05) is 23.4 Å². The zero-order chi connectivity index (χ0) is 41.2. The third-order valence-corrected chi connectivity index (χ3v) is 13.2. The molecule has 3 aromatic carbocycles. The molecule has 0 radical (unpaired) electrons. The molecule has 3 aromatic rings. The number of piperidine rings is 3. The number of carbonyl (C=O) groups excluding carboxylic acids is 5. The summed E-state index contributed by atoms with van der Waals surface area (Å²) in [6, 6.07) is 20.6. The van der Waals surface area contributed by atoms with Crippen LogP contribution in [0.25, 0.3) is 0 Å². The molecule has 12 nitrogen and oxygen atoms in total. The molecule has 13 heteroatoms. The van der Waals surface area contributed by atoms with E-state index in [1.807, 2.05) is 42.5 Å². The maximum Gasteiger partial charge on any atom is 0.262 e. The van der Waals surface area contributed by atoms with Crippen molar-refractivity contribution in [3.63, 3.8) is 0 Å². The lowest BCUT2D eigenvalue weighted by Crippen LogP contribution is -2.54. The van der Waals surface area contributed by atoms with Crippen LogP contribution in [-0.4, -0.2) is 96.7 Å². The molecule has 1 atom stereocenters. The van der Waals surface area contributed by atoms with Crippen molar-refractivity contribution in [2.24, 2.45) is 5.92 Å². The van der Waals surface area contributed by atoms with Gasteiger partial charge in [0.15, 0.2) is 0 Å². The van der Waals surface area contributed by atoms with E-state index in [-0.39, 0.29) is 24.8 Å². The van der Waals surface area contributed by atoms with Crippen LogP contribution in [0.5, 0.6) is 0 Å². The largest absolute Gasteiger partial charge is 0.372 e. The number of nitrogens with zero attached hydrogens (tertiary/aromatic N) is 5. The lowest BCUT2D eigenvalue weighted by molar-refractivity contribution is -0.136. The molecule has 4 heterocycles. The molecule has 59 heavy (non-hydrogen) atoms. The molecule has 0 spiro atoms. The summed E-state index contributed by atoms with van der Waals surface area (Å²) >= 11 is 6.27. The van der Waals surface area contributed by atoms with Gasteiger partial charge in [0.05, 0.1) is 21.7 Å². The van der Waals surface area contributed by atoms with Crippen molar-refractivity contribution >= 4 is 52.5 Å². The second-order valence-corrected chi connectivity index (χ2v) is 16.8. The topological polar surface area (TPSA) is 146 Å². The fourth-order valence-corrected chi connectivity index (χ4v) is 9.56. The number of nitriles is 1. The van der Waals surface area contributed by atoms with Gasteiger partial charge < -0.3 is 20.0 Å². The van der Waals surface area contributed by atoms with Crippen LogP contribution in [-0.2, 0) is 9.59 Å². The Morgan fingerprint density at radius 2 is 1.54 bits per heavy atom. The smallest absolute Gasteiger partial charge is 0.262 e. The third-order valence-electron chi connectivity index (χ3n) is 12.9. The van der Waals surface area contributed by atoms with E-state index in [4.69, 9.17) is 11.6 Å². The summed E-state index contributed by atoms with van der Waals surface area (Å²) < 4.78 is 0. The van der Waals surface area contributed by atoms with E-state index >= 15 is 0 Å². The second kappa shape index (κ2) is 17.3. The highest BCUT2D eigenvalue weighted by molar-refractivity contribution is 6.32. The van der Waals surface area contributed by atoms with E-state index < -0.39 is 29.7 Å². The molecule has 1 saturated carbocycles. The summed E-state index contributed by atoms with van der Waals surface area (Å²) in [6.07, 6.45) is 7.94. The number of likely N-dealkylation sites (tertiary alicyclic amines) is 1. The minimum absolute atomic E-state index is 0.0596. The van der Waals surface area contributed by atoms with E-state index in [0.717, 1.165) is 99.4 Å². The molecule has 1 aliphatic carbocycles. The van der Waals surface area contributed by atoms with Crippen LogP contribution in [0, 0.1) is 29.1 Å². The predicted molar refractivity (Wildman–Crippen MR) is 224 cm³/mol. The number of halogens is 1. The Kier molecular flexibility index (Phi) is 11.7. The maximum absolute atomic E-state index is 13.3. The van der Waals surface area contributed by atoms with Crippen LogP contribution in [0.3, 0.4) is 0 Å². The Bertz CT molecular complexity index is 2250. The molecule has 5 aliphatic rings. The first-order chi connectivity index (χ1) is 28.6. The van der Waals surface area contributed by atoms with E-state index in [2.05, 4.69) is 50.3 Å². The lowest BCUT2D eigenvalue weighted by atomic mass is 9.90. The lowest BCUT2D eigenvalue weighted by Gasteiger charge is -2.42. The number of rotatable bonds is 7. The van der Waals surface area contributed by atoms with Crippen molar-refractivity contribution < 1.29 is 24.0 Å². The average Bonchev–Trinajstić information content (AvgIpc) is 3.51. The Hall–Kier alpha value is -5.69. The number of nitrogens with one attached hydrogen (secondary N) is 2. The average molecular weight is 814 g/mol. The van der Waals surface area contributed by atoms with Gasteiger partial charge in [0.1, 0.15) is 12.1 Å². The van der Waals surface area contributed by atoms with Crippen molar-refractivity contribution in [2.75, 3.05) is 43.0 Å². The second-order valence-electron chi connectivity index (χ2n) is 16.4. The maximum atomic E-state index is 13.3. The first-order valence-corrected chi connectivity index (χ1v) is 21.1. The van der Waals surface area contributed by atoms with Crippen LogP contribution < -0.4 is 20.4 Å². The number of benzene rings is 3. The van der Waals surface area contributed by atoms with Gasteiger partial charge in [0.25, 0.3) is 17.7 Å². The van der Waals surface area contributed by atoms with Gasteiger partial charge in [-0.25, -0.2) is 0 Å². The summed E-state index contributed by atoms with van der Waals surface area (Å²) in [5, 5.41) is 15.1. The summed E-state index contributed by atoms with van der Waals surface area (Å²) in [5.74, 6) is 5.14. The fourth-order valence-electron chi connectivity index (χ4n) is 9.35. The Morgan fingerprint density at radius 1 is 0.831 bits per heavy atom. The van der Waals surface area contributed by atoms with Crippen LogP contribution >= 0.6 is 11.6 Å². The number of imide groups is 2. The Morgan fingerprint density at radius 3 is 2.22 bits per heavy atom. The molecule has 4 fully saturated rings. The molecule has 1 unspecified atom stereocenters. The van der Waals surface area contributed by atoms with Gasteiger partial charge in [-0.05, 0) is 132 Å². The highest BCUT2D eigenvalue weighted by Gasteiger charge is 2.45. The van der Waals surface area contributed by atoms with Gasteiger partial charge in [-0.15, -0.1) is 0 Å². The summed E-state index contributed by atoms with van der Waals surface area (Å²) in [6.45, 7) is 3.67. The molecular formula is C46H48ClN7O5. The minimum Gasteiger partial charge on any atom is -0.372 e. The molecule has 8 rings (SSSR count). The van der Waals surface area contributed by atoms with Crippen LogP contribution in [0.1, 0.15) is 106 Å². The summed E-state index contributed by atoms with van der Waals surface area (Å²) in [5.41, 5.74) is 4.51. The molecule has 4 aliphatic heterocycles. The van der Waals surface area contributed by atoms with Crippen molar-refractivity contribution in [2.45, 2.75) is 88.4 Å². The molecule has 3 saturated heterocycles. The van der Waals surface area contributed by atoms with Gasteiger partial charge in [-0.2, -0.15) is 5.26 Å². The van der Waals surface area contributed by atoms with E-state index in [1.54, 1.807) is 18.2 Å². The van der Waals surface area contributed by atoms with Gasteiger partial charge >= 0.3 is 0 Å². The first-order valence-electron chi connectivity index (χ1n) is 20.8. The monoisotopic (exact) mass is 813 g/mol. The number of hydrogen-bond donors (Lipinski definition) is 2. The molecule has 0 bridgehead atoms. The van der Waals surface area contributed by atoms with Crippen molar-refractivity contribution in [3.05, 3.63) is 93.5 Å². The molecular weight excluding hydrogens is 766 g/mol. The van der Waals surface area contributed by atoms with E-state index in [0.29, 0.717) is 45.3 Å². The zero-order valence-corrected chi connectivity index (χ0v) is 34.0. The quantitative estimate of drug-likeness (QED) is 0.233. The van der Waals surface area contributed by atoms with Gasteiger partial charge in [0, 0.05) is 73.1 Å². The van der Waals surface area contributed by atoms with Crippen LogP contribution in [0.15, 0.2) is 60.7 Å². The van der Waals surface area contributed by atoms with E-state index in [9.17, 15) is 29.2 Å². The Balaban J connectivity index is 0.762. The predicted octanol–water partition coefficient (Wildman–Crippen LogP) is 5.52. The van der Waals surface area contributed by atoms with Crippen LogP contribution in [0.2, 0.25) is 5.02 Å². The van der Waals surface area contributed by atoms with Crippen molar-refractivity contribution in [3.8, 4) is 17.9 Å². The highest BCUT2D eigenvalue weighted by Crippen LogP contribution is 2.33. The zero-order valence-electron chi connectivity index (χ0n) is 33.2. The molecule has 2 N–H and O–H groups in total. The SMILES string of the molecule is CN(c1ccc(C#N)c(Cl)c1)C1CCC(NC(=O)c2ccc(C#CC3CCN(C4CCN(c5ccc6c(c5)C(=O)N(C5CCC(=O)NC5=O)C6=O)CC4)CC3)cc2)CC1. The standard InChI is InChI=1S/C46H48ClN7O5/c1-51(36-11-8-32(28-48)40(47)27-36)34-12-9-33(10-13-34)49-43(56)31-6-4-29(5-7-31)2-3-30-18-22-52(23-19-30)35-20-24-53(25-21-35)37-14-15-38-39(26-37)46(59)54(45(38)58)41-16-17-42(55)50-44(41)57/h4-8,11,14-15,26-27,30,33-35,41H,9-10,12-13,16-25H2,1H3,(H,49,56)(H,50,55,57). The van der Waals surface area contributed by atoms with Gasteiger partial charge in [0.2, 0.25) is 11.8 Å². The summed E-state index contributed by atoms with van der Waals surface area (Å²) in [7, 11) is 2.06. The fraction of sp³-hybridized carbons (Fsp3) is 0.435. The van der Waals surface area contributed by atoms with Crippen molar-refractivity contribution in [1.29, 1.82) is 5.26 Å². The van der Waals surface area contributed by atoms with E-state index in [1.165, 1.54) is 0 Å². The number of carbonyl (C=O) groups is 5. The minimum atomic E-state index is -0.971. The molecule has 0 aromatic heterocycles. The Labute approximate surface area is 349 Å². The molecule has 304 valence electrons.